The lowest BCUT2D eigenvalue weighted by atomic mass is 9.82. The van der Waals surface area contributed by atoms with Crippen LogP contribution < -0.4 is 0 Å². The zero-order valence-corrected chi connectivity index (χ0v) is 11.3. The predicted octanol–water partition coefficient (Wildman–Crippen LogP) is 4.33. The average Bonchev–Trinajstić information content (AvgIpc) is 2.01. The SMILES string of the molecule is CC(C)(C)C1=CC=C(S(C)(C)C)CC1. The Morgan fingerprint density at radius 1 is 1.00 bits per heavy atom. The van der Waals surface area contributed by atoms with E-state index in [0.717, 1.165) is 0 Å². The van der Waals surface area contributed by atoms with Crippen LogP contribution in [0.25, 0.3) is 0 Å². The fourth-order valence-corrected chi connectivity index (χ4v) is 2.94. The van der Waals surface area contributed by atoms with Gasteiger partial charge in [0.1, 0.15) is 0 Å². The molecule has 0 radical (unpaired) electrons. The van der Waals surface area contributed by atoms with Gasteiger partial charge in [-0.1, -0.05) is 38.5 Å². The van der Waals surface area contributed by atoms with Crippen molar-refractivity contribution in [1.82, 2.24) is 0 Å². The standard InChI is InChI=1S/C13H24S/c1-13(2,3)11-7-9-12(10-8-11)14(4,5)6/h7,9H,8,10H2,1-6H3. The molecular weight excluding hydrogens is 188 g/mol. The van der Waals surface area contributed by atoms with Crippen LogP contribution in [0, 0.1) is 5.41 Å². The largest absolute Gasteiger partial charge is 0.227 e. The Bertz CT molecular complexity index is 239. The average molecular weight is 212 g/mol. The van der Waals surface area contributed by atoms with Crippen molar-refractivity contribution in [3.8, 4) is 0 Å². The molecule has 0 saturated carbocycles. The molecule has 0 nitrogen and oxygen atoms in total. The van der Waals surface area contributed by atoms with Gasteiger partial charge in [-0.3, -0.25) is 0 Å². The van der Waals surface area contributed by atoms with Crippen LogP contribution >= 0.6 is 10.0 Å². The van der Waals surface area contributed by atoms with Crippen LogP contribution in [0.1, 0.15) is 33.6 Å². The summed E-state index contributed by atoms with van der Waals surface area (Å²) in [7, 11) is -0.478. The molecule has 0 fully saturated rings. The molecule has 1 heteroatoms. The molecule has 1 aliphatic carbocycles. The molecule has 1 rings (SSSR count). The monoisotopic (exact) mass is 212 g/mol. The van der Waals surface area contributed by atoms with E-state index in [9.17, 15) is 0 Å². The fourth-order valence-electron chi connectivity index (χ4n) is 1.75. The summed E-state index contributed by atoms with van der Waals surface area (Å²) in [5.41, 5.74) is 1.96. The molecule has 0 heterocycles. The summed E-state index contributed by atoms with van der Waals surface area (Å²) >= 11 is 0. The molecule has 0 aromatic carbocycles. The predicted molar refractivity (Wildman–Crippen MR) is 70.2 cm³/mol. The molecular formula is C13H24S. The Kier molecular flexibility index (Phi) is 3.20. The summed E-state index contributed by atoms with van der Waals surface area (Å²) in [6, 6.07) is 0. The summed E-state index contributed by atoms with van der Waals surface area (Å²) in [4.78, 5) is 1.67. The van der Waals surface area contributed by atoms with Gasteiger partial charge in [-0.05, 0) is 41.9 Å². The first-order valence-corrected chi connectivity index (χ1v) is 8.15. The molecule has 0 N–H and O–H groups in total. The van der Waals surface area contributed by atoms with E-state index in [4.69, 9.17) is 0 Å². The van der Waals surface area contributed by atoms with Crippen molar-refractivity contribution in [2.24, 2.45) is 5.41 Å². The van der Waals surface area contributed by atoms with Crippen LogP contribution in [0.2, 0.25) is 0 Å². The lowest BCUT2D eigenvalue weighted by Crippen LogP contribution is -2.12. The highest BCUT2D eigenvalue weighted by molar-refractivity contribution is 8.35. The fraction of sp³-hybridized carbons (Fsp3) is 0.692. The van der Waals surface area contributed by atoms with Crippen molar-refractivity contribution in [3.63, 3.8) is 0 Å². The van der Waals surface area contributed by atoms with Gasteiger partial charge in [0.25, 0.3) is 0 Å². The third kappa shape index (κ3) is 2.91. The van der Waals surface area contributed by atoms with E-state index in [0.29, 0.717) is 5.41 Å². The maximum atomic E-state index is 2.38. The minimum Gasteiger partial charge on any atom is -0.227 e. The first-order valence-electron chi connectivity index (χ1n) is 5.30. The van der Waals surface area contributed by atoms with Gasteiger partial charge in [0, 0.05) is 0 Å². The maximum absolute atomic E-state index is 2.38. The van der Waals surface area contributed by atoms with E-state index in [-0.39, 0.29) is 0 Å². The number of rotatable bonds is 1. The molecule has 0 aliphatic heterocycles. The summed E-state index contributed by atoms with van der Waals surface area (Å²) in [5, 5.41) is 0. The topological polar surface area (TPSA) is 0 Å². The molecule has 0 saturated heterocycles. The van der Waals surface area contributed by atoms with Crippen LogP contribution in [0.3, 0.4) is 0 Å². The molecule has 1 aliphatic rings. The smallest absolute Gasteiger partial charge is 0.0170 e. The Balaban J connectivity index is 2.85. The van der Waals surface area contributed by atoms with Gasteiger partial charge < -0.3 is 0 Å². The van der Waals surface area contributed by atoms with E-state index >= 15 is 0 Å². The molecule has 0 aromatic rings. The first-order chi connectivity index (χ1) is 6.21. The van der Waals surface area contributed by atoms with Crippen molar-refractivity contribution in [2.45, 2.75) is 33.6 Å². The highest BCUT2D eigenvalue weighted by atomic mass is 32.3. The zero-order valence-electron chi connectivity index (χ0n) is 10.5. The van der Waals surface area contributed by atoms with Crippen LogP contribution in [-0.4, -0.2) is 18.8 Å². The number of hydrogen-bond acceptors (Lipinski definition) is 0. The Morgan fingerprint density at radius 3 is 1.86 bits per heavy atom. The number of allylic oxidation sites excluding steroid dienone is 4. The summed E-state index contributed by atoms with van der Waals surface area (Å²) in [6.45, 7) is 6.92. The van der Waals surface area contributed by atoms with Gasteiger partial charge in [0.2, 0.25) is 0 Å². The Hall–Kier alpha value is -0.170. The highest BCUT2D eigenvalue weighted by Crippen LogP contribution is 2.49. The van der Waals surface area contributed by atoms with Crippen LogP contribution in [0.4, 0.5) is 0 Å². The molecule has 82 valence electrons. The van der Waals surface area contributed by atoms with Gasteiger partial charge in [-0.15, -0.1) is 0 Å². The van der Waals surface area contributed by atoms with Crippen LogP contribution in [0.15, 0.2) is 22.6 Å². The zero-order chi connectivity index (χ0) is 11.0. The van der Waals surface area contributed by atoms with Crippen molar-refractivity contribution < 1.29 is 0 Å². The third-order valence-electron chi connectivity index (χ3n) is 2.86. The molecule has 0 aromatic heterocycles. The van der Waals surface area contributed by atoms with E-state index in [2.05, 4.69) is 51.7 Å². The molecule has 14 heavy (non-hydrogen) atoms. The highest BCUT2D eigenvalue weighted by Gasteiger charge is 2.21. The van der Waals surface area contributed by atoms with E-state index in [1.165, 1.54) is 12.8 Å². The molecule has 0 unspecified atom stereocenters. The van der Waals surface area contributed by atoms with Crippen LogP contribution in [0.5, 0.6) is 0 Å². The second-order valence-corrected chi connectivity index (χ2v) is 10.1. The lowest BCUT2D eigenvalue weighted by Gasteiger charge is -2.33. The molecule has 0 atom stereocenters. The summed E-state index contributed by atoms with van der Waals surface area (Å²) < 4.78 is 0. The minimum atomic E-state index is -0.478. The van der Waals surface area contributed by atoms with Gasteiger partial charge in [-0.25, -0.2) is 10.0 Å². The molecule has 0 bridgehead atoms. The van der Waals surface area contributed by atoms with Gasteiger partial charge in [-0.2, -0.15) is 0 Å². The van der Waals surface area contributed by atoms with E-state index < -0.39 is 10.0 Å². The molecule has 0 amide bonds. The summed E-state index contributed by atoms with van der Waals surface area (Å²) in [6.07, 6.45) is 14.4. The second kappa shape index (κ2) is 3.77. The van der Waals surface area contributed by atoms with Crippen molar-refractivity contribution in [1.29, 1.82) is 0 Å². The van der Waals surface area contributed by atoms with E-state index in [1.54, 1.807) is 10.5 Å². The Morgan fingerprint density at radius 2 is 1.57 bits per heavy atom. The third-order valence-corrected chi connectivity index (χ3v) is 4.77. The summed E-state index contributed by atoms with van der Waals surface area (Å²) in [5.74, 6) is 0. The van der Waals surface area contributed by atoms with Crippen molar-refractivity contribution >= 4 is 10.0 Å². The van der Waals surface area contributed by atoms with Gasteiger partial charge in [0.15, 0.2) is 0 Å². The van der Waals surface area contributed by atoms with Crippen LogP contribution in [-0.2, 0) is 0 Å². The molecule has 0 spiro atoms. The number of hydrogen-bond donors (Lipinski definition) is 0. The first kappa shape index (κ1) is 11.9. The van der Waals surface area contributed by atoms with Crippen molar-refractivity contribution in [3.05, 3.63) is 22.6 Å². The quantitative estimate of drug-likeness (QED) is 0.607. The van der Waals surface area contributed by atoms with Gasteiger partial charge >= 0.3 is 0 Å². The maximum Gasteiger partial charge on any atom is -0.0170 e. The van der Waals surface area contributed by atoms with Gasteiger partial charge in [0.05, 0.1) is 0 Å². The van der Waals surface area contributed by atoms with E-state index in [1.807, 2.05) is 0 Å². The Labute approximate surface area is 90.8 Å². The lowest BCUT2D eigenvalue weighted by molar-refractivity contribution is 0.481. The second-order valence-electron chi connectivity index (χ2n) is 5.91. The normalized spacial score (nSPS) is 20.1. The van der Waals surface area contributed by atoms with Crippen molar-refractivity contribution in [2.75, 3.05) is 18.8 Å². The minimum absolute atomic E-state index is 0.356.